The molecule has 0 radical (unpaired) electrons. The van der Waals surface area contributed by atoms with Crippen molar-refractivity contribution in [2.75, 3.05) is 39.5 Å². The Balaban J connectivity index is 1.60. The highest BCUT2D eigenvalue weighted by Gasteiger charge is 2.16. The molecule has 0 unspecified atom stereocenters. The third-order valence-corrected chi connectivity index (χ3v) is 4.22. The van der Waals surface area contributed by atoms with Crippen LogP contribution in [0.2, 0.25) is 5.02 Å². The zero-order valence-corrected chi connectivity index (χ0v) is 13.1. The Morgan fingerprint density at radius 2 is 1.95 bits per heavy atom. The number of hydrogen-bond acceptors (Lipinski definition) is 4. The Bertz CT molecular complexity index is 628. The molecular weight excluding hydrogens is 302 g/mol. The van der Waals surface area contributed by atoms with Gasteiger partial charge in [0.1, 0.15) is 18.5 Å². The number of aliphatic hydroxyl groups is 1. The van der Waals surface area contributed by atoms with Gasteiger partial charge in [-0.25, -0.2) is 0 Å². The van der Waals surface area contributed by atoms with Crippen LogP contribution >= 0.6 is 11.6 Å². The lowest BCUT2D eigenvalue weighted by Crippen LogP contribution is -2.42. The van der Waals surface area contributed by atoms with Crippen LogP contribution in [-0.4, -0.2) is 55.6 Å². The summed E-state index contributed by atoms with van der Waals surface area (Å²) in [6.45, 7) is 3.99. The summed E-state index contributed by atoms with van der Waals surface area (Å²) in [5, 5.41) is 12.8. The molecule has 0 aromatic heterocycles. The summed E-state index contributed by atoms with van der Waals surface area (Å²) in [7, 11) is 0. The highest BCUT2D eigenvalue weighted by Crippen LogP contribution is 2.32. The lowest BCUT2D eigenvalue weighted by molar-refractivity contribution is 0.00468. The van der Waals surface area contributed by atoms with Crippen molar-refractivity contribution in [3.05, 3.63) is 41.4 Å². The summed E-state index contributed by atoms with van der Waals surface area (Å²) in [4.78, 5) is 2.18. The number of halogens is 1. The number of benzene rings is 2. The highest BCUT2D eigenvalue weighted by molar-refractivity contribution is 6.37. The highest BCUT2D eigenvalue weighted by atomic mass is 35.5. The molecule has 22 heavy (non-hydrogen) atoms. The Morgan fingerprint density at radius 1 is 1.18 bits per heavy atom. The van der Waals surface area contributed by atoms with Crippen LogP contribution in [0.25, 0.3) is 10.8 Å². The van der Waals surface area contributed by atoms with Crippen molar-refractivity contribution in [1.82, 2.24) is 4.90 Å². The Kier molecular flexibility index (Phi) is 5.16. The summed E-state index contributed by atoms with van der Waals surface area (Å²) in [6, 6.07) is 11.7. The topological polar surface area (TPSA) is 41.9 Å². The van der Waals surface area contributed by atoms with E-state index in [0.29, 0.717) is 17.3 Å². The molecule has 0 amide bonds. The first kappa shape index (κ1) is 15.6. The van der Waals surface area contributed by atoms with Gasteiger partial charge in [-0.1, -0.05) is 41.9 Å². The molecule has 3 rings (SSSR count). The van der Waals surface area contributed by atoms with Gasteiger partial charge in [0.2, 0.25) is 0 Å². The van der Waals surface area contributed by atoms with Gasteiger partial charge in [-0.3, -0.25) is 4.90 Å². The molecule has 2 aromatic carbocycles. The molecule has 2 aromatic rings. The Hall–Kier alpha value is -1.33. The predicted molar refractivity (Wildman–Crippen MR) is 87.7 cm³/mol. The van der Waals surface area contributed by atoms with Gasteiger partial charge < -0.3 is 14.6 Å². The first-order valence-corrected chi connectivity index (χ1v) is 7.90. The zero-order chi connectivity index (χ0) is 15.4. The largest absolute Gasteiger partial charge is 0.489 e. The van der Waals surface area contributed by atoms with Crippen LogP contribution in [0.5, 0.6) is 5.75 Å². The number of hydrogen-bond donors (Lipinski definition) is 1. The van der Waals surface area contributed by atoms with E-state index >= 15 is 0 Å². The van der Waals surface area contributed by atoms with E-state index in [0.717, 1.165) is 37.1 Å². The molecule has 5 heteroatoms. The van der Waals surface area contributed by atoms with Gasteiger partial charge in [0, 0.05) is 25.0 Å². The summed E-state index contributed by atoms with van der Waals surface area (Å²) in [5.74, 6) is 0.612. The fourth-order valence-electron chi connectivity index (χ4n) is 2.65. The van der Waals surface area contributed by atoms with E-state index in [1.165, 1.54) is 0 Å². The van der Waals surface area contributed by atoms with Crippen molar-refractivity contribution in [3.8, 4) is 5.75 Å². The van der Waals surface area contributed by atoms with Crippen LogP contribution < -0.4 is 4.74 Å². The average molecular weight is 322 g/mol. The Labute approximate surface area is 135 Å². The molecule has 0 aliphatic carbocycles. The van der Waals surface area contributed by atoms with Gasteiger partial charge >= 0.3 is 0 Å². The summed E-state index contributed by atoms with van der Waals surface area (Å²) in [6.07, 6.45) is -0.541. The van der Waals surface area contributed by atoms with Gasteiger partial charge in [0.15, 0.2) is 0 Å². The summed E-state index contributed by atoms with van der Waals surface area (Å²) in [5.41, 5.74) is 0. The van der Waals surface area contributed by atoms with Gasteiger partial charge in [-0.15, -0.1) is 0 Å². The lowest BCUT2D eigenvalue weighted by Gasteiger charge is -2.28. The van der Waals surface area contributed by atoms with Gasteiger partial charge in [0.05, 0.1) is 18.2 Å². The van der Waals surface area contributed by atoms with Crippen molar-refractivity contribution in [3.63, 3.8) is 0 Å². The number of nitrogens with zero attached hydrogens (tertiary/aromatic N) is 1. The van der Waals surface area contributed by atoms with Crippen LogP contribution in [-0.2, 0) is 4.74 Å². The van der Waals surface area contributed by atoms with Gasteiger partial charge in [-0.05, 0) is 11.5 Å². The fraction of sp³-hybridized carbons (Fsp3) is 0.412. The second-order valence-electron chi connectivity index (χ2n) is 5.48. The molecule has 1 aliphatic heterocycles. The van der Waals surface area contributed by atoms with E-state index in [2.05, 4.69) is 4.90 Å². The molecule has 1 atom stereocenters. The van der Waals surface area contributed by atoms with E-state index in [9.17, 15) is 5.11 Å². The lowest BCUT2D eigenvalue weighted by atomic mass is 10.1. The quantitative estimate of drug-likeness (QED) is 0.919. The standard InChI is InChI=1S/C17H20ClNO3/c18-17-15-4-2-1-3-13(15)5-6-16(17)22-12-14(20)11-19-7-9-21-10-8-19/h1-6,14,20H,7-12H2/t14-/m1/s1. The molecule has 0 bridgehead atoms. The van der Waals surface area contributed by atoms with Gasteiger partial charge in [-0.2, -0.15) is 0 Å². The molecule has 1 heterocycles. The van der Waals surface area contributed by atoms with Crippen LogP contribution in [0, 0.1) is 0 Å². The molecule has 0 spiro atoms. The van der Waals surface area contributed by atoms with E-state index in [1.54, 1.807) is 0 Å². The fourth-order valence-corrected chi connectivity index (χ4v) is 2.94. The third-order valence-electron chi connectivity index (χ3n) is 3.83. The maximum atomic E-state index is 10.1. The van der Waals surface area contributed by atoms with Crippen LogP contribution in [0.4, 0.5) is 0 Å². The molecule has 1 aliphatic rings. The van der Waals surface area contributed by atoms with Crippen LogP contribution in [0.1, 0.15) is 0 Å². The minimum absolute atomic E-state index is 0.232. The van der Waals surface area contributed by atoms with Crippen LogP contribution in [0.3, 0.4) is 0 Å². The van der Waals surface area contributed by atoms with Crippen molar-refractivity contribution in [1.29, 1.82) is 0 Å². The van der Waals surface area contributed by atoms with Crippen molar-refractivity contribution in [2.24, 2.45) is 0 Å². The van der Waals surface area contributed by atoms with Crippen molar-refractivity contribution >= 4 is 22.4 Å². The number of morpholine rings is 1. The SMILES string of the molecule is O[C@@H](COc1ccc2ccccc2c1Cl)CN1CCOCC1. The Morgan fingerprint density at radius 3 is 2.77 bits per heavy atom. The number of β-amino-alcohol motifs (C(OH)–C–C–N with tert-alkyl or cyclic N) is 1. The third kappa shape index (κ3) is 3.70. The minimum Gasteiger partial charge on any atom is -0.489 e. The van der Waals surface area contributed by atoms with E-state index in [1.807, 2.05) is 36.4 Å². The van der Waals surface area contributed by atoms with E-state index in [4.69, 9.17) is 21.1 Å². The van der Waals surface area contributed by atoms with Crippen molar-refractivity contribution in [2.45, 2.75) is 6.10 Å². The second-order valence-corrected chi connectivity index (χ2v) is 5.85. The predicted octanol–water partition coefficient (Wildman–Crippen LogP) is 2.57. The summed E-state index contributed by atoms with van der Waals surface area (Å²) < 4.78 is 11.0. The van der Waals surface area contributed by atoms with E-state index in [-0.39, 0.29) is 6.61 Å². The first-order valence-electron chi connectivity index (χ1n) is 7.52. The first-order chi connectivity index (χ1) is 10.7. The van der Waals surface area contributed by atoms with Crippen LogP contribution in [0.15, 0.2) is 36.4 Å². The van der Waals surface area contributed by atoms with E-state index < -0.39 is 6.10 Å². The zero-order valence-electron chi connectivity index (χ0n) is 12.4. The summed E-state index contributed by atoms with van der Waals surface area (Å²) >= 11 is 6.38. The molecule has 1 fully saturated rings. The number of aliphatic hydroxyl groups excluding tert-OH is 1. The normalized spacial score (nSPS) is 17.5. The number of rotatable bonds is 5. The average Bonchev–Trinajstić information content (AvgIpc) is 2.55. The molecule has 0 saturated carbocycles. The smallest absolute Gasteiger partial charge is 0.138 e. The molecule has 1 N–H and O–H groups in total. The molecule has 4 nitrogen and oxygen atoms in total. The van der Waals surface area contributed by atoms with Gasteiger partial charge in [0.25, 0.3) is 0 Å². The number of ether oxygens (including phenoxy) is 2. The maximum absolute atomic E-state index is 10.1. The molecular formula is C17H20ClNO3. The maximum Gasteiger partial charge on any atom is 0.138 e. The van der Waals surface area contributed by atoms with Crippen molar-refractivity contribution < 1.29 is 14.6 Å². The molecule has 1 saturated heterocycles. The monoisotopic (exact) mass is 321 g/mol. The number of fused-ring (bicyclic) bond motifs is 1. The minimum atomic E-state index is -0.541. The second kappa shape index (κ2) is 7.29. The molecule has 118 valence electrons.